The van der Waals surface area contributed by atoms with Gasteiger partial charge in [0, 0.05) is 11.8 Å². The second-order valence-corrected chi connectivity index (χ2v) is 6.56. The van der Waals surface area contributed by atoms with Crippen molar-refractivity contribution in [3.05, 3.63) is 76.5 Å². The number of Topliss-reactive ketones (excluding diaryl/α,β-unsaturated/α-hetero) is 1. The number of amides is 2. The summed E-state index contributed by atoms with van der Waals surface area (Å²) in [6.07, 6.45) is 4.08. The lowest BCUT2D eigenvalue weighted by Gasteiger charge is -2.12. The molecule has 0 radical (unpaired) electrons. The number of hydrogen-bond acceptors (Lipinski definition) is 6. The lowest BCUT2D eigenvalue weighted by Crippen LogP contribution is -2.20. The summed E-state index contributed by atoms with van der Waals surface area (Å²) in [5, 5.41) is 5.42. The van der Waals surface area contributed by atoms with Gasteiger partial charge >= 0.3 is 0 Å². The third-order valence-electron chi connectivity index (χ3n) is 3.92. The van der Waals surface area contributed by atoms with Crippen molar-refractivity contribution in [2.45, 2.75) is 13.8 Å². The van der Waals surface area contributed by atoms with E-state index in [-0.39, 0.29) is 27.9 Å². The zero-order valence-electron chi connectivity index (χ0n) is 15.6. The van der Waals surface area contributed by atoms with Crippen molar-refractivity contribution in [2.24, 2.45) is 0 Å². The Morgan fingerprint density at radius 3 is 2.31 bits per heavy atom. The molecule has 0 bridgehead atoms. The lowest BCUT2D eigenvalue weighted by atomic mass is 10.0. The fourth-order valence-corrected chi connectivity index (χ4v) is 2.50. The zero-order chi connectivity index (χ0) is 21.0. The molecule has 0 spiro atoms. The van der Waals surface area contributed by atoms with Crippen molar-refractivity contribution in [2.75, 3.05) is 10.6 Å². The summed E-state index contributed by atoms with van der Waals surface area (Å²) in [5.41, 5.74) is 1.61. The van der Waals surface area contributed by atoms with Crippen LogP contribution in [0.25, 0.3) is 0 Å². The molecule has 3 aromatic rings. The van der Waals surface area contributed by atoms with Crippen LogP contribution in [-0.4, -0.2) is 32.5 Å². The highest BCUT2D eigenvalue weighted by molar-refractivity contribution is 6.29. The Hall–Kier alpha value is -3.65. The molecule has 1 aromatic carbocycles. The summed E-state index contributed by atoms with van der Waals surface area (Å²) in [5.74, 6) is -0.974. The van der Waals surface area contributed by atoms with Gasteiger partial charge in [-0.15, -0.1) is 0 Å². The highest BCUT2D eigenvalue weighted by Crippen LogP contribution is 2.21. The van der Waals surface area contributed by atoms with Crippen molar-refractivity contribution in [1.82, 2.24) is 15.0 Å². The Bertz CT molecular complexity index is 1080. The number of halogens is 1. The second kappa shape index (κ2) is 8.57. The van der Waals surface area contributed by atoms with Gasteiger partial charge in [-0.05, 0) is 43.7 Å². The van der Waals surface area contributed by atoms with Gasteiger partial charge in [0.05, 0.1) is 23.6 Å². The Kier molecular flexibility index (Phi) is 5.94. The summed E-state index contributed by atoms with van der Waals surface area (Å²) in [6.45, 7) is 3.27. The van der Waals surface area contributed by atoms with E-state index in [1.165, 1.54) is 37.5 Å². The summed E-state index contributed by atoms with van der Waals surface area (Å²) in [4.78, 5) is 48.8. The van der Waals surface area contributed by atoms with E-state index in [0.29, 0.717) is 11.4 Å². The van der Waals surface area contributed by atoms with E-state index in [4.69, 9.17) is 11.6 Å². The largest absolute Gasteiger partial charge is 0.320 e. The first kappa shape index (κ1) is 20.1. The average molecular weight is 410 g/mol. The molecule has 0 aliphatic carbocycles. The van der Waals surface area contributed by atoms with Crippen LogP contribution in [0.4, 0.5) is 11.5 Å². The Morgan fingerprint density at radius 1 is 0.897 bits per heavy atom. The first-order valence-corrected chi connectivity index (χ1v) is 8.89. The monoisotopic (exact) mass is 409 g/mol. The standard InChI is InChI=1S/C20H16ClN5O3/c1-11-3-6-18(24-8-11)26-19(28)14-7-13(12(2)27)4-5-15(14)25-20(29)16-9-23-17(21)10-22-16/h3-10H,1-2H3,(H,25,29)(H,24,26,28). The number of aromatic nitrogens is 3. The quantitative estimate of drug-likeness (QED) is 0.623. The Labute approximate surface area is 171 Å². The topological polar surface area (TPSA) is 114 Å². The number of carbonyl (C=O) groups excluding carboxylic acids is 3. The molecule has 2 amide bonds. The number of carbonyl (C=O) groups is 3. The molecule has 8 nitrogen and oxygen atoms in total. The highest BCUT2D eigenvalue weighted by atomic mass is 35.5. The van der Waals surface area contributed by atoms with Gasteiger partial charge in [-0.1, -0.05) is 17.7 Å². The molecule has 0 unspecified atom stereocenters. The predicted molar refractivity (Wildman–Crippen MR) is 108 cm³/mol. The number of rotatable bonds is 5. The van der Waals surface area contributed by atoms with Crippen molar-refractivity contribution in [1.29, 1.82) is 0 Å². The van der Waals surface area contributed by atoms with E-state index in [0.717, 1.165) is 5.56 Å². The minimum absolute atomic E-state index is 0.0246. The molecular formula is C20H16ClN5O3. The molecular weight excluding hydrogens is 394 g/mol. The second-order valence-electron chi connectivity index (χ2n) is 6.17. The van der Waals surface area contributed by atoms with Gasteiger partial charge in [0.2, 0.25) is 0 Å². The summed E-state index contributed by atoms with van der Waals surface area (Å²) < 4.78 is 0. The Balaban J connectivity index is 1.90. The highest BCUT2D eigenvalue weighted by Gasteiger charge is 2.18. The molecule has 0 aliphatic rings. The van der Waals surface area contributed by atoms with E-state index in [9.17, 15) is 14.4 Å². The lowest BCUT2D eigenvalue weighted by molar-refractivity contribution is 0.101. The normalized spacial score (nSPS) is 10.3. The van der Waals surface area contributed by atoms with Gasteiger partial charge in [-0.25, -0.2) is 15.0 Å². The van der Waals surface area contributed by atoms with Crippen molar-refractivity contribution in [3.63, 3.8) is 0 Å². The first-order valence-electron chi connectivity index (χ1n) is 8.51. The Morgan fingerprint density at radius 2 is 1.69 bits per heavy atom. The molecule has 29 heavy (non-hydrogen) atoms. The summed E-state index contributed by atoms with van der Waals surface area (Å²) in [6, 6.07) is 7.87. The SMILES string of the molecule is CC(=O)c1ccc(NC(=O)c2cnc(Cl)cn2)c(C(=O)Nc2ccc(C)cn2)c1. The smallest absolute Gasteiger partial charge is 0.275 e. The molecule has 0 atom stereocenters. The fraction of sp³-hybridized carbons (Fsp3) is 0.100. The number of nitrogens with zero attached hydrogens (tertiary/aromatic N) is 3. The molecule has 2 aromatic heterocycles. The van der Waals surface area contributed by atoms with Crippen LogP contribution in [0.15, 0.2) is 48.9 Å². The van der Waals surface area contributed by atoms with Crippen LogP contribution in [0.1, 0.15) is 43.7 Å². The maximum atomic E-state index is 12.8. The molecule has 0 saturated heterocycles. The minimum atomic E-state index is -0.577. The molecule has 146 valence electrons. The van der Waals surface area contributed by atoms with E-state index >= 15 is 0 Å². The molecule has 2 heterocycles. The maximum absolute atomic E-state index is 12.8. The predicted octanol–water partition coefficient (Wildman–Crippen LogP) is 3.54. The van der Waals surface area contributed by atoms with Crippen LogP contribution >= 0.6 is 11.6 Å². The molecule has 0 saturated carbocycles. The van der Waals surface area contributed by atoms with Crippen molar-refractivity contribution in [3.8, 4) is 0 Å². The van der Waals surface area contributed by atoms with E-state index in [1.807, 2.05) is 6.92 Å². The van der Waals surface area contributed by atoms with Crippen LogP contribution in [0.3, 0.4) is 0 Å². The zero-order valence-corrected chi connectivity index (χ0v) is 16.3. The number of hydrogen-bond donors (Lipinski definition) is 2. The molecule has 9 heteroatoms. The number of anilines is 2. The van der Waals surface area contributed by atoms with Crippen LogP contribution in [0, 0.1) is 6.92 Å². The van der Waals surface area contributed by atoms with Crippen LogP contribution < -0.4 is 10.6 Å². The molecule has 3 rings (SSSR count). The number of aryl methyl sites for hydroxylation is 1. The number of benzene rings is 1. The molecule has 0 aliphatic heterocycles. The number of nitrogens with one attached hydrogen (secondary N) is 2. The molecule has 2 N–H and O–H groups in total. The third kappa shape index (κ3) is 4.99. The van der Waals surface area contributed by atoms with Gasteiger partial charge in [0.15, 0.2) is 5.78 Å². The van der Waals surface area contributed by atoms with Gasteiger partial charge in [-0.3, -0.25) is 14.4 Å². The van der Waals surface area contributed by atoms with Crippen molar-refractivity contribution < 1.29 is 14.4 Å². The van der Waals surface area contributed by atoms with E-state index in [2.05, 4.69) is 25.6 Å². The fourth-order valence-electron chi connectivity index (χ4n) is 2.40. The number of ketones is 1. The molecule has 0 fully saturated rings. The maximum Gasteiger partial charge on any atom is 0.275 e. The average Bonchev–Trinajstić information content (AvgIpc) is 2.70. The van der Waals surface area contributed by atoms with Crippen molar-refractivity contribution >= 4 is 40.7 Å². The van der Waals surface area contributed by atoms with Gasteiger partial charge in [0.25, 0.3) is 11.8 Å². The van der Waals surface area contributed by atoms with Gasteiger partial charge in [-0.2, -0.15) is 0 Å². The van der Waals surface area contributed by atoms with E-state index in [1.54, 1.807) is 18.3 Å². The first-order chi connectivity index (χ1) is 13.8. The van der Waals surface area contributed by atoms with Crippen LogP contribution in [-0.2, 0) is 0 Å². The van der Waals surface area contributed by atoms with Gasteiger partial charge < -0.3 is 10.6 Å². The minimum Gasteiger partial charge on any atom is -0.320 e. The third-order valence-corrected chi connectivity index (χ3v) is 4.12. The van der Waals surface area contributed by atoms with Gasteiger partial charge in [0.1, 0.15) is 16.7 Å². The van der Waals surface area contributed by atoms with Crippen LogP contribution in [0.2, 0.25) is 5.15 Å². The van der Waals surface area contributed by atoms with Crippen LogP contribution in [0.5, 0.6) is 0 Å². The summed E-state index contributed by atoms with van der Waals surface area (Å²) >= 11 is 5.68. The number of pyridine rings is 1. The summed E-state index contributed by atoms with van der Waals surface area (Å²) in [7, 11) is 0. The van der Waals surface area contributed by atoms with E-state index < -0.39 is 11.8 Å².